The average molecular weight is 166 g/mol. The van der Waals surface area contributed by atoms with Gasteiger partial charge in [0.15, 0.2) is 11.6 Å². The van der Waals surface area contributed by atoms with Crippen LogP contribution in [0.15, 0.2) is 25.3 Å². The molecule has 0 aliphatic heterocycles. The summed E-state index contributed by atoms with van der Waals surface area (Å²) in [6.45, 7) is 8.60. The van der Waals surface area contributed by atoms with Crippen LogP contribution in [-0.2, 0) is 9.59 Å². The van der Waals surface area contributed by atoms with E-state index in [4.69, 9.17) is 0 Å². The molecule has 0 radical (unpaired) electrons. The van der Waals surface area contributed by atoms with Crippen LogP contribution >= 0.6 is 0 Å². The molecule has 0 fully saturated rings. The highest BCUT2D eigenvalue weighted by atomic mass is 16.1. The predicted molar refractivity (Wildman–Crippen MR) is 48.8 cm³/mol. The Morgan fingerprint density at radius 3 is 2.25 bits per heavy atom. The smallest absolute Gasteiger partial charge is 0.158 e. The molecule has 0 aliphatic carbocycles. The van der Waals surface area contributed by atoms with Crippen LogP contribution in [0.1, 0.15) is 19.8 Å². The molecular formula is C10H14O2. The highest BCUT2D eigenvalue weighted by Crippen LogP contribution is 2.10. The van der Waals surface area contributed by atoms with Crippen LogP contribution in [0.4, 0.5) is 0 Å². The molecule has 0 saturated heterocycles. The number of rotatable bonds is 6. The number of allylic oxidation sites excluding steroid dienone is 2. The minimum atomic E-state index is -0.215. The van der Waals surface area contributed by atoms with Gasteiger partial charge in [-0.05, 0) is 18.6 Å². The molecule has 12 heavy (non-hydrogen) atoms. The summed E-state index contributed by atoms with van der Waals surface area (Å²) in [4.78, 5) is 22.0. The van der Waals surface area contributed by atoms with E-state index in [1.165, 1.54) is 12.2 Å². The third kappa shape index (κ3) is 3.28. The van der Waals surface area contributed by atoms with E-state index in [0.717, 1.165) is 0 Å². The summed E-state index contributed by atoms with van der Waals surface area (Å²) in [5.74, 6) is -0.363. The number of carbonyl (C=O) groups is 2. The van der Waals surface area contributed by atoms with Crippen LogP contribution in [0.25, 0.3) is 0 Å². The number of carbonyl (C=O) groups excluding carboxylic acids is 2. The van der Waals surface area contributed by atoms with Crippen LogP contribution in [-0.4, -0.2) is 11.6 Å². The Kier molecular flexibility index (Phi) is 4.93. The molecule has 1 atom stereocenters. The van der Waals surface area contributed by atoms with Gasteiger partial charge < -0.3 is 0 Å². The van der Waals surface area contributed by atoms with E-state index in [2.05, 4.69) is 13.2 Å². The Morgan fingerprint density at radius 2 is 1.92 bits per heavy atom. The highest BCUT2D eigenvalue weighted by Gasteiger charge is 2.15. The van der Waals surface area contributed by atoms with Crippen LogP contribution in [0, 0.1) is 5.92 Å². The highest BCUT2D eigenvalue weighted by molar-refractivity contribution is 5.97. The van der Waals surface area contributed by atoms with Crippen molar-refractivity contribution in [1.29, 1.82) is 0 Å². The van der Waals surface area contributed by atoms with Crippen molar-refractivity contribution < 1.29 is 9.59 Å². The van der Waals surface area contributed by atoms with Crippen LogP contribution < -0.4 is 0 Å². The van der Waals surface area contributed by atoms with Gasteiger partial charge in [0.1, 0.15) is 0 Å². The lowest BCUT2D eigenvalue weighted by Gasteiger charge is -2.07. The van der Waals surface area contributed by atoms with E-state index >= 15 is 0 Å². The van der Waals surface area contributed by atoms with E-state index < -0.39 is 0 Å². The van der Waals surface area contributed by atoms with E-state index in [-0.39, 0.29) is 23.9 Å². The van der Waals surface area contributed by atoms with Gasteiger partial charge in [-0.1, -0.05) is 20.1 Å². The predicted octanol–water partition coefficient (Wildman–Crippen LogP) is 1.91. The van der Waals surface area contributed by atoms with Crippen molar-refractivity contribution in [3.63, 3.8) is 0 Å². The van der Waals surface area contributed by atoms with Gasteiger partial charge >= 0.3 is 0 Å². The Bertz CT molecular complexity index is 204. The van der Waals surface area contributed by atoms with Gasteiger partial charge in [0.25, 0.3) is 0 Å². The zero-order valence-corrected chi connectivity index (χ0v) is 7.38. The molecule has 0 aromatic carbocycles. The molecule has 0 aliphatic rings. The monoisotopic (exact) mass is 166 g/mol. The summed E-state index contributed by atoms with van der Waals surface area (Å²) in [5, 5.41) is 0. The van der Waals surface area contributed by atoms with Gasteiger partial charge in [-0.2, -0.15) is 0 Å². The SMILES string of the molecule is C=CC(=O)C[C@H](CC)C(=O)C=C. The van der Waals surface area contributed by atoms with Crippen molar-refractivity contribution in [3.05, 3.63) is 25.3 Å². The first-order chi connectivity index (χ1) is 5.65. The van der Waals surface area contributed by atoms with Crippen LogP contribution in [0.3, 0.4) is 0 Å². The second-order valence-corrected chi connectivity index (χ2v) is 2.59. The minimum absolute atomic E-state index is 0.0623. The maximum absolute atomic E-state index is 11.1. The fourth-order valence-corrected chi connectivity index (χ4v) is 0.939. The molecule has 0 aromatic heterocycles. The summed E-state index contributed by atoms with van der Waals surface area (Å²) in [6, 6.07) is 0. The molecule has 0 rings (SSSR count). The van der Waals surface area contributed by atoms with E-state index in [0.29, 0.717) is 6.42 Å². The molecule has 0 amide bonds. The Labute approximate surface area is 73.0 Å². The molecule has 0 aromatic rings. The number of hydrogen-bond donors (Lipinski definition) is 0. The lowest BCUT2D eigenvalue weighted by Crippen LogP contribution is -2.14. The third-order valence-corrected chi connectivity index (χ3v) is 1.77. The molecule has 0 spiro atoms. The van der Waals surface area contributed by atoms with Crippen molar-refractivity contribution in [3.8, 4) is 0 Å². The summed E-state index contributed by atoms with van der Waals surface area (Å²) >= 11 is 0. The maximum Gasteiger partial charge on any atom is 0.158 e. The molecule has 2 nitrogen and oxygen atoms in total. The first kappa shape index (κ1) is 10.8. The van der Waals surface area contributed by atoms with Crippen LogP contribution in [0.5, 0.6) is 0 Å². The van der Waals surface area contributed by atoms with Gasteiger partial charge in [-0.25, -0.2) is 0 Å². The van der Waals surface area contributed by atoms with Crippen molar-refractivity contribution >= 4 is 11.6 Å². The summed E-state index contributed by atoms with van der Waals surface area (Å²) in [5.41, 5.74) is 0. The standard InChI is InChI=1S/C10H14O2/c1-4-8(10(12)6-3)7-9(11)5-2/h5-6,8H,2-4,7H2,1H3/t8-/m0/s1. The Hall–Kier alpha value is -1.18. The lowest BCUT2D eigenvalue weighted by atomic mass is 9.95. The minimum Gasteiger partial charge on any atom is -0.295 e. The average Bonchev–Trinajstić information content (AvgIpc) is 2.12. The Balaban J connectivity index is 4.16. The van der Waals surface area contributed by atoms with Crippen molar-refractivity contribution in [2.75, 3.05) is 0 Å². The van der Waals surface area contributed by atoms with E-state index in [9.17, 15) is 9.59 Å². The second-order valence-electron chi connectivity index (χ2n) is 2.59. The second kappa shape index (κ2) is 5.47. The molecule has 0 heterocycles. The summed E-state index contributed by atoms with van der Waals surface area (Å²) in [7, 11) is 0. The van der Waals surface area contributed by atoms with E-state index in [1.54, 1.807) is 0 Å². The van der Waals surface area contributed by atoms with Crippen molar-refractivity contribution in [1.82, 2.24) is 0 Å². The van der Waals surface area contributed by atoms with Crippen molar-refractivity contribution in [2.45, 2.75) is 19.8 Å². The molecule has 0 saturated carbocycles. The number of hydrogen-bond acceptors (Lipinski definition) is 2. The van der Waals surface area contributed by atoms with Gasteiger partial charge in [0.2, 0.25) is 0 Å². The molecule has 0 unspecified atom stereocenters. The molecular weight excluding hydrogens is 152 g/mol. The topological polar surface area (TPSA) is 34.1 Å². The first-order valence-electron chi connectivity index (χ1n) is 3.97. The fourth-order valence-electron chi connectivity index (χ4n) is 0.939. The van der Waals surface area contributed by atoms with Gasteiger partial charge in [-0.15, -0.1) is 0 Å². The molecule has 0 N–H and O–H groups in total. The van der Waals surface area contributed by atoms with Gasteiger partial charge in [0.05, 0.1) is 0 Å². The number of ketones is 2. The summed E-state index contributed by atoms with van der Waals surface area (Å²) < 4.78 is 0. The normalized spacial score (nSPS) is 11.8. The Morgan fingerprint density at radius 1 is 1.33 bits per heavy atom. The van der Waals surface area contributed by atoms with E-state index in [1.807, 2.05) is 6.92 Å². The van der Waals surface area contributed by atoms with Gasteiger partial charge in [-0.3, -0.25) is 9.59 Å². The first-order valence-corrected chi connectivity index (χ1v) is 3.97. The van der Waals surface area contributed by atoms with Gasteiger partial charge in [0, 0.05) is 12.3 Å². The lowest BCUT2D eigenvalue weighted by molar-refractivity contribution is -0.123. The zero-order chi connectivity index (χ0) is 9.56. The summed E-state index contributed by atoms with van der Waals surface area (Å²) in [6.07, 6.45) is 3.44. The third-order valence-electron chi connectivity index (χ3n) is 1.77. The molecule has 66 valence electrons. The fraction of sp³-hybridized carbons (Fsp3) is 0.400. The zero-order valence-electron chi connectivity index (χ0n) is 7.38. The van der Waals surface area contributed by atoms with Crippen molar-refractivity contribution in [2.24, 2.45) is 5.92 Å². The maximum atomic E-state index is 11.1. The van der Waals surface area contributed by atoms with Crippen LogP contribution in [0.2, 0.25) is 0 Å². The molecule has 2 heteroatoms. The largest absolute Gasteiger partial charge is 0.295 e. The quantitative estimate of drug-likeness (QED) is 0.565. The molecule has 0 bridgehead atoms.